The van der Waals surface area contributed by atoms with E-state index in [1.54, 1.807) is 24.1 Å². The summed E-state index contributed by atoms with van der Waals surface area (Å²) in [6.45, 7) is 0. The molecule has 0 aliphatic carbocycles. The van der Waals surface area contributed by atoms with E-state index in [1.165, 1.54) is 4.80 Å². The summed E-state index contributed by atoms with van der Waals surface area (Å²) in [5.74, 6) is 1.28. The molecule has 0 aliphatic rings. The van der Waals surface area contributed by atoms with Gasteiger partial charge in [-0.1, -0.05) is 11.6 Å². The molecule has 0 saturated heterocycles. The number of tetrazole rings is 1. The summed E-state index contributed by atoms with van der Waals surface area (Å²) >= 11 is 6.28. The van der Waals surface area contributed by atoms with Crippen LogP contribution in [0.2, 0.25) is 5.02 Å². The first-order chi connectivity index (χ1) is 12.6. The van der Waals surface area contributed by atoms with Gasteiger partial charge in [0, 0.05) is 41.8 Å². The highest BCUT2D eigenvalue weighted by Gasteiger charge is 2.09. The van der Waals surface area contributed by atoms with Crippen molar-refractivity contribution >= 4 is 23.1 Å². The van der Waals surface area contributed by atoms with Gasteiger partial charge in [-0.3, -0.25) is 4.68 Å². The molecule has 1 aromatic carbocycles. The maximum absolute atomic E-state index is 6.28. The molecule has 3 heterocycles. The van der Waals surface area contributed by atoms with Crippen LogP contribution in [0.15, 0.2) is 48.9 Å². The highest BCUT2D eigenvalue weighted by atomic mass is 35.5. The minimum atomic E-state index is 0.577. The van der Waals surface area contributed by atoms with Crippen molar-refractivity contribution in [2.24, 2.45) is 14.1 Å². The Hall–Kier alpha value is -3.26. The molecule has 0 saturated carbocycles. The number of aryl methyl sites for hydroxylation is 2. The second kappa shape index (κ2) is 6.57. The van der Waals surface area contributed by atoms with E-state index in [-0.39, 0.29) is 0 Å². The third-order valence-electron chi connectivity index (χ3n) is 3.80. The molecule has 0 radical (unpaired) electrons. The van der Waals surface area contributed by atoms with Crippen LogP contribution in [0.1, 0.15) is 0 Å². The number of halogens is 1. The average molecular weight is 367 g/mol. The minimum Gasteiger partial charge on any atom is -0.340 e. The summed E-state index contributed by atoms with van der Waals surface area (Å²) in [5.41, 5.74) is 3.60. The van der Waals surface area contributed by atoms with Crippen molar-refractivity contribution in [3.63, 3.8) is 0 Å². The van der Waals surface area contributed by atoms with Crippen molar-refractivity contribution in [1.29, 1.82) is 0 Å². The lowest BCUT2D eigenvalue weighted by molar-refractivity contribution is 0.630. The number of anilines is 2. The molecule has 26 heavy (non-hydrogen) atoms. The largest absolute Gasteiger partial charge is 0.340 e. The predicted molar refractivity (Wildman–Crippen MR) is 99.0 cm³/mol. The van der Waals surface area contributed by atoms with Gasteiger partial charge in [0.2, 0.25) is 5.82 Å². The van der Waals surface area contributed by atoms with Crippen molar-refractivity contribution in [1.82, 2.24) is 35.0 Å². The smallest absolute Gasteiger partial charge is 0.204 e. The highest BCUT2D eigenvalue weighted by molar-refractivity contribution is 6.33. The van der Waals surface area contributed by atoms with Crippen molar-refractivity contribution in [3.05, 3.63) is 53.9 Å². The zero-order valence-electron chi connectivity index (χ0n) is 14.1. The van der Waals surface area contributed by atoms with E-state index >= 15 is 0 Å². The fraction of sp³-hybridized carbons (Fsp3) is 0.118. The number of pyridine rings is 1. The summed E-state index contributed by atoms with van der Waals surface area (Å²) in [6, 6.07) is 9.63. The summed E-state index contributed by atoms with van der Waals surface area (Å²) < 4.78 is 1.73. The van der Waals surface area contributed by atoms with Crippen LogP contribution in [-0.2, 0) is 14.1 Å². The molecule has 0 amide bonds. The normalized spacial score (nSPS) is 10.9. The monoisotopic (exact) mass is 366 g/mol. The third-order valence-corrected chi connectivity index (χ3v) is 4.10. The van der Waals surface area contributed by atoms with Gasteiger partial charge in [-0.25, -0.2) is 4.98 Å². The molecule has 3 aromatic heterocycles. The topological polar surface area (TPSA) is 86.3 Å². The predicted octanol–water partition coefficient (Wildman–Crippen LogP) is 3.07. The Morgan fingerprint density at radius 3 is 2.50 bits per heavy atom. The number of aromatic nitrogens is 7. The molecule has 0 spiro atoms. The average Bonchev–Trinajstić information content (AvgIpc) is 3.26. The van der Waals surface area contributed by atoms with E-state index in [0.717, 1.165) is 22.4 Å². The first-order valence-corrected chi connectivity index (χ1v) is 8.22. The van der Waals surface area contributed by atoms with Gasteiger partial charge in [-0.05, 0) is 35.5 Å². The lowest BCUT2D eigenvalue weighted by atomic mass is 10.1. The lowest BCUT2D eigenvalue weighted by Gasteiger charge is -2.08. The summed E-state index contributed by atoms with van der Waals surface area (Å²) in [7, 11) is 3.60. The van der Waals surface area contributed by atoms with Crippen LogP contribution in [-0.4, -0.2) is 35.0 Å². The third kappa shape index (κ3) is 3.27. The van der Waals surface area contributed by atoms with Crippen LogP contribution in [0.3, 0.4) is 0 Å². The van der Waals surface area contributed by atoms with Crippen LogP contribution >= 0.6 is 11.6 Å². The van der Waals surface area contributed by atoms with Crippen molar-refractivity contribution < 1.29 is 0 Å². The number of rotatable bonds is 4. The molecule has 9 heteroatoms. The van der Waals surface area contributed by atoms with Crippen molar-refractivity contribution in [2.75, 3.05) is 5.32 Å². The molecule has 1 N–H and O–H groups in total. The van der Waals surface area contributed by atoms with E-state index in [4.69, 9.17) is 11.6 Å². The minimum absolute atomic E-state index is 0.577. The van der Waals surface area contributed by atoms with Gasteiger partial charge in [-0.15, -0.1) is 10.2 Å². The standard InChI is InChI=1S/C17H15ClN8/c1-25-10-12(8-20-25)14-7-16(19-9-15(14)18)21-13-5-3-11(4-6-13)17-22-24-26(2)23-17/h3-10H,1-2H3,(H,19,21). The van der Waals surface area contributed by atoms with Gasteiger partial charge in [0.05, 0.1) is 18.3 Å². The first kappa shape index (κ1) is 16.2. The molecule has 8 nitrogen and oxygen atoms in total. The molecule has 0 aliphatic heterocycles. The summed E-state index contributed by atoms with van der Waals surface area (Å²) in [5, 5.41) is 20.1. The van der Waals surface area contributed by atoms with Gasteiger partial charge >= 0.3 is 0 Å². The van der Waals surface area contributed by atoms with Gasteiger partial charge in [-0.2, -0.15) is 9.90 Å². The zero-order valence-corrected chi connectivity index (χ0v) is 14.9. The van der Waals surface area contributed by atoms with Gasteiger partial charge in [0.25, 0.3) is 0 Å². The molecule has 0 unspecified atom stereocenters. The molecule has 0 atom stereocenters. The Morgan fingerprint density at radius 1 is 1.04 bits per heavy atom. The highest BCUT2D eigenvalue weighted by Crippen LogP contribution is 2.30. The summed E-state index contributed by atoms with van der Waals surface area (Å²) in [6.07, 6.45) is 5.31. The number of benzene rings is 1. The molecule has 4 rings (SSSR count). The quantitative estimate of drug-likeness (QED) is 0.597. The Kier molecular flexibility index (Phi) is 4.10. The van der Waals surface area contributed by atoms with E-state index < -0.39 is 0 Å². The fourth-order valence-electron chi connectivity index (χ4n) is 2.54. The van der Waals surface area contributed by atoms with Crippen LogP contribution in [0, 0.1) is 0 Å². The first-order valence-electron chi connectivity index (χ1n) is 7.84. The van der Waals surface area contributed by atoms with Gasteiger partial charge in [0.1, 0.15) is 5.82 Å². The molecular formula is C17H15ClN8. The molecule has 0 bridgehead atoms. The Bertz CT molecular complexity index is 1050. The SMILES string of the molecule is Cn1cc(-c2cc(Nc3ccc(-c4nnn(C)n4)cc3)ncc2Cl)cn1. The van der Waals surface area contributed by atoms with Gasteiger partial charge in [0.15, 0.2) is 0 Å². The summed E-state index contributed by atoms with van der Waals surface area (Å²) in [4.78, 5) is 5.77. The lowest BCUT2D eigenvalue weighted by Crippen LogP contribution is -1.95. The molecule has 130 valence electrons. The maximum Gasteiger partial charge on any atom is 0.204 e. The van der Waals surface area contributed by atoms with Crippen LogP contribution < -0.4 is 5.32 Å². The number of hydrogen-bond acceptors (Lipinski definition) is 6. The zero-order chi connectivity index (χ0) is 18.1. The second-order valence-electron chi connectivity index (χ2n) is 5.76. The van der Waals surface area contributed by atoms with Crippen molar-refractivity contribution in [2.45, 2.75) is 0 Å². The Morgan fingerprint density at radius 2 is 1.85 bits per heavy atom. The molecular weight excluding hydrogens is 352 g/mol. The maximum atomic E-state index is 6.28. The van der Waals surface area contributed by atoms with Crippen LogP contribution in [0.4, 0.5) is 11.5 Å². The van der Waals surface area contributed by atoms with E-state index in [9.17, 15) is 0 Å². The number of nitrogens with one attached hydrogen (secondary N) is 1. The van der Waals surface area contributed by atoms with Crippen LogP contribution in [0.25, 0.3) is 22.5 Å². The second-order valence-corrected chi connectivity index (χ2v) is 6.16. The number of hydrogen-bond donors (Lipinski definition) is 1. The molecule has 4 aromatic rings. The number of nitrogens with zero attached hydrogens (tertiary/aromatic N) is 7. The van der Waals surface area contributed by atoms with Gasteiger partial charge < -0.3 is 5.32 Å². The molecule has 0 fully saturated rings. The Balaban J connectivity index is 1.57. The van der Waals surface area contributed by atoms with E-state index in [2.05, 4.69) is 30.8 Å². The van der Waals surface area contributed by atoms with Crippen LogP contribution in [0.5, 0.6) is 0 Å². The Labute approximate surface area is 154 Å². The van der Waals surface area contributed by atoms with E-state index in [1.807, 2.05) is 43.6 Å². The fourth-order valence-corrected chi connectivity index (χ4v) is 2.75. The van der Waals surface area contributed by atoms with Crippen molar-refractivity contribution in [3.8, 4) is 22.5 Å². The van der Waals surface area contributed by atoms with E-state index in [0.29, 0.717) is 16.7 Å².